The van der Waals surface area contributed by atoms with Gasteiger partial charge in [0.15, 0.2) is 0 Å². The smallest absolute Gasteiger partial charge is 0.319 e. The normalized spacial score (nSPS) is 12.8. The molecule has 2 amide bonds. The molecule has 0 saturated carbocycles. The standard InChI is InChI=1S/C17H29N3O/c1-6-17(5,7-2)20-16(21)19-15-11-9-10-14(12-15)13(4)18-8-3/h9-13,18H,6-8H2,1-5H3,(H2,19,20,21). The second-order valence-electron chi connectivity index (χ2n) is 5.75. The van der Waals surface area contributed by atoms with Crippen molar-refractivity contribution in [2.75, 3.05) is 11.9 Å². The van der Waals surface area contributed by atoms with Crippen molar-refractivity contribution in [1.82, 2.24) is 10.6 Å². The maximum atomic E-state index is 12.1. The number of carbonyl (C=O) groups excluding carboxylic acids is 1. The van der Waals surface area contributed by atoms with Crippen molar-refractivity contribution in [3.05, 3.63) is 29.8 Å². The second-order valence-corrected chi connectivity index (χ2v) is 5.75. The highest BCUT2D eigenvalue weighted by atomic mass is 16.2. The first kappa shape index (κ1) is 17.5. The fourth-order valence-electron chi connectivity index (χ4n) is 2.17. The van der Waals surface area contributed by atoms with Crippen molar-refractivity contribution < 1.29 is 4.79 Å². The molecule has 1 aromatic carbocycles. The van der Waals surface area contributed by atoms with Gasteiger partial charge in [-0.1, -0.05) is 32.9 Å². The number of benzene rings is 1. The van der Waals surface area contributed by atoms with Crippen LogP contribution in [0.15, 0.2) is 24.3 Å². The van der Waals surface area contributed by atoms with Gasteiger partial charge in [-0.15, -0.1) is 0 Å². The van der Waals surface area contributed by atoms with Gasteiger partial charge in [-0.25, -0.2) is 4.79 Å². The molecule has 0 fully saturated rings. The maximum Gasteiger partial charge on any atom is 0.319 e. The van der Waals surface area contributed by atoms with E-state index in [0.29, 0.717) is 0 Å². The van der Waals surface area contributed by atoms with Crippen LogP contribution in [-0.4, -0.2) is 18.1 Å². The lowest BCUT2D eigenvalue weighted by atomic mass is 9.96. The summed E-state index contributed by atoms with van der Waals surface area (Å²) in [7, 11) is 0. The molecule has 0 aliphatic carbocycles. The first-order valence-electron chi connectivity index (χ1n) is 7.86. The van der Waals surface area contributed by atoms with E-state index in [0.717, 1.165) is 25.1 Å². The molecule has 118 valence electrons. The zero-order valence-electron chi connectivity index (χ0n) is 13.9. The molecule has 4 heteroatoms. The van der Waals surface area contributed by atoms with Crippen LogP contribution in [0.3, 0.4) is 0 Å². The minimum atomic E-state index is -0.154. The summed E-state index contributed by atoms with van der Waals surface area (Å²) in [5.41, 5.74) is 1.84. The Labute approximate surface area is 128 Å². The van der Waals surface area contributed by atoms with Gasteiger partial charge in [-0.05, 0) is 50.9 Å². The van der Waals surface area contributed by atoms with E-state index in [4.69, 9.17) is 0 Å². The molecule has 1 rings (SSSR count). The van der Waals surface area contributed by atoms with Crippen LogP contribution in [0, 0.1) is 0 Å². The number of hydrogen-bond donors (Lipinski definition) is 3. The van der Waals surface area contributed by atoms with Crippen LogP contribution in [-0.2, 0) is 0 Å². The Bertz CT molecular complexity index is 455. The number of nitrogens with one attached hydrogen (secondary N) is 3. The van der Waals surface area contributed by atoms with E-state index in [9.17, 15) is 4.79 Å². The minimum Gasteiger partial charge on any atom is -0.333 e. The second kappa shape index (κ2) is 8.03. The van der Waals surface area contributed by atoms with Crippen molar-refractivity contribution in [2.45, 2.75) is 59.0 Å². The zero-order chi connectivity index (χ0) is 15.9. The molecule has 3 N–H and O–H groups in total. The van der Waals surface area contributed by atoms with E-state index < -0.39 is 0 Å². The summed E-state index contributed by atoms with van der Waals surface area (Å²) in [6.07, 6.45) is 1.82. The van der Waals surface area contributed by atoms with Crippen LogP contribution in [0.1, 0.15) is 59.1 Å². The summed E-state index contributed by atoms with van der Waals surface area (Å²) in [6, 6.07) is 8.10. The van der Waals surface area contributed by atoms with Gasteiger partial charge in [0.05, 0.1) is 0 Å². The molecule has 0 aliphatic rings. The lowest BCUT2D eigenvalue weighted by molar-refractivity contribution is 0.236. The molecular weight excluding hydrogens is 262 g/mol. The average molecular weight is 291 g/mol. The third-order valence-electron chi connectivity index (χ3n) is 4.13. The lowest BCUT2D eigenvalue weighted by Crippen LogP contribution is -2.46. The van der Waals surface area contributed by atoms with Gasteiger partial charge in [-0.2, -0.15) is 0 Å². The van der Waals surface area contributed by atoms with Gasteiger partial charge in [-0.3, -0.25) is 0 Å². The molecule has 1 unspecified atom stereocenters. The lowest BCUT2D eigenvalue weighted by Gasteiger charge is -2.28. The monoisotopic (exact) mass is 291 g/mol. The summed E-state index contributed by atoms with van der Waals surface area (Å²) < 4.78 is 0. The molecule has 0 aromatic heterocycles. The maximum absolute atomic E-state index is 12.1. The summed E-state index contributed by atoms with van der Waals surface area (Å²) in [5, 5.41) is 9.35. The van der Waals surface area contributed by atoms with Gasteiger partial charge < -0.3 is 16.0 Å². The van der Waals surface area contributed by atoms with Crippen molar-refractivity contribution >= 4 is 11.7 Å². The van der Waals surface area contributed by atoms with Crippen molar-refractivity contribution in [3.63, 3.8) is 0 Å². The SMILES string of the molecule is CCNC(C)c1cccc(NC(=O)NC(C)(CC)CC)c1. The van der Waals surface area contributed by atoms with Gasteiger partial charge in [0.1, 0.15) is 0 Å². The van der Waals surface area contributed by atoms with Gasteiger partial charge in [0, 0.05) is 17.3 Å². The number of urea groups is 1. The van der Waals surface area contributed by atoms with E-state index in [1.165, 1.54) is 5.56 Å². The molecule has 0 saturated heterocycles. The third-order valence-corrected chi connectivity index (χ3v) is 4.13. The van der Waals surface area contributed by atoms with Crippen molar-refractivity contribution in [3.8, 4) is 0 Å². The molecule has 1 aromatic rings. The molecule has 21 heavy (non-hydrogen) atoms. The molecule has 0 aliphatic heterocycles. The fraction of sp³-hybridized carbons (Fsp3) is 0.588. The molecule has 0 spiro atoms. The van der Waals surface area contributed by atoms with Crippen LogP contribution in [0.4, 0.5) is 10.5 Å². The Morgan fingerprint density at radius 3 is 2.48 bits per heavy atom. The number of rotatable bonds is 7. The Kier molecular flexibility index (Phi) is 6.69. The van der Waals surface area contributed by atoms with E-state index >= 15 is 0 Å². The Hall–Kier alpha value is -1.55. The highest BCUT2D eigenvalue weighted by molar-refractivity contribution is 5.89. The first-order valence-corrected chi connectivity index (χ1v) is 7.86. The average Bonchev–Trinajstić information content (AvgIpc) is 2.47. The van der Waals surface area contributed by atoms with Crippen LogP contribution in [0.25, 0.3) is 0 Å². The molecule has 0 bridgehead atoms. The Balaban J connectivity index is 2.70. The van der Waals surface area contributed by atoms with Gasteiger partial charge in [0.25, 0.3) is 0 Å². The largest absolute Gasteiger partial charge is 0.333 e. The van der Waals surface area contributed by atoms with Gasteiger partial charge >= 0.3 is 6.03 Å². The van der Waals surface area contributed by atoms with Crippen molar-refractivity contribution in [1.29, 1.82) is 0 Å². The van der Waals surface area contributed by atoms with Crippen molar-refractivity contribution in [2.24, 2.45) is 0 Å². The summed E-state index contributed by atoms with van der Waals surface area (Å²) >= 11 is 0. The Morgan fingerprint density at radius 1 is 1.24 bits per heavy atom. The molecule has 4 nitrogen and oxygen atoms in total. The third kappa shape index (κ3) is 5.38. The predicted molar refractivity (Wildman–Crippen MR) is 89.7 cm³/mol. The quantitative estimate of drug-likeness (QED) is 0.709. The van der Waals surface area contributed by atoms with Crippen LogP contribution >= 0.6 is 0 Å². The van der Waals surface area contributed by atoms with E-state index in [2.05, 4.69) is 56.6 Å². The fourth-order valence-corrected chi connectivity index (χ4v) is 2.17. The number of hydrogen-bond acceptors (Lipinski definition) is 2. The molecular formula is C17H29N3O. The highest BCUT2D eigenvalue weighted by Crippen LogP contribution is 2.18. The van der Waals surface area contributed by atoms with Crippen LogP contribution < -0.4 is 16.0 Å². The molecule has 0 heterocycles. The molecule has 0 radical (unpaired) electrons. The summed E-state index contributed by atoms with van der Waals surface area (Å²) in [6.45, 7) is 11.4. The highest BCUT2D eigenvalue weighted by Gasteiger charge is 2.21. The number of carbonyl (C=O) groups is 1. The van der Waals surface area contributed by atoms with E-state index in [-0.39, 0.29) is 17.6 Å². The van der Waals surface area contributed by atoms with Gasteiger partial charge in [0.2, 0.25) is 0 Å². The van der Waals surface area contributed by atoms with E-state index in [1.54, 1.807) is 0 Å². The van der Waals surface area contributed by atoms with Crippen LogP contribution in [0.5, 0.6) is 0 Å². The predicted octanol–water partition coefficient (Wildman–Crippen LogP) is 4.06. The number of anilines is 1. The number of amides is 2. The molecule has 1 atom stereocenters. The minimum absolute atomic E-state index is 0.144. The van der Waals surface area contributed by atoms with Crippen LogP contribution in [0.2, 0.25) is 0 Å². The zero-order valence-corrected chi connectivity index (χ0v) is 13.9. The van der Waals surface area contributed by atoms with E-state index in [1.807, 2.05) is 18.2 Å². The summed E-state index contributed by atoms with van der Waals surface area (Å²) in [4.78, 5) is 12.1. The Morgan fingerprint density at radius 2 is 1.90 bits per heavy atom. The summed E-state index contributed by atoms with van der Waals surface area (Å²) in [5.74, 6) is 0. The first-order chi connectivity index (χ1) is 9.94. The topological polar surface area (TPSA) is 53.2 Å².